The van der Waals surface area contributed by atoms with Gasteiger partial charge in [0.1, 0.15) is 16.8 Å². The second-order valence-electron chi connectivity index (χ2n) is 7.18. The normalized spacial score (nSPS) is 16.7. The van der Waals surface area contributed by atoms with Gasteiger partial charge in [0.05, 0.1) is 0 Å². The minimum Gasteiger partial charge on any atom is -0.362 e. The minimum absolute atomic E-state index is 0.216. The van der Waals surface area contributed by atoms with Crippen LogP contribution < -0.4 is 15.5 Å². The van der Waals surface area contributed by atoms with E-state index >= 15 is 0 Å². The molecule has 1 aliphatic heterocycles. The Balaban J connectivity index is 1.48. The van der Waals surface area contributed by atoms with E-state index in [0.717, 1.165) is 43.7 Å². The summed E-state index contributed by atoms with van der Waals surface area (Å²) in [5.41, 5.74) is 1.10. The summed E-state index contributed by atoms with van der Waals surface area (Å²) >= 11 is 11.5. The summed E-state index contributed by atoms with van der Waals surface area (Å²) in [4.78, 5) is 11.0. The maximum atomic E-state index is 12.9. The summed E-state index contributed by atoms with van der Waals surface area (Å²) in [6.45, 7) is 4.89. The molecule has 2 aromatic rings. The van der Waals surface area contributed by atoms with Crippen molar-refractivity contribution in [3.8, 4) is 0 Å². The number of nitrogens with zero attached hydrogens (tertiary/aromatic N) is 3. The number of anilines is 2. The zero-order valence-electron chi connectivity index (χ0n) is 15.9. The molecule has 0 radical (unpaired) electrons. The standard InChI is InChI=1S/C20H25ClFN5S/c1-14-4-3-11-27(13-14)18-12-17(21)24-19(25-18)26-20(28)23-10-2-5-15-6-8-16(22)9-7-15/h6-9,12,14H,2-5,10-11,13H2,1H3,(H2,23,24,25,26,28). The molecule has 0 saturated carbocycles. The van der Waals surface area contributed by atoms with E-state index in [0.29, 0.717) is 28.7 Å². The van der Waals surface area contributed by atoms with Gasteiger partial charge in [-0.05, 0) is 61.5 Å². The van der Waals surface area contributed by atoms with Gasteiger partial charge in [-0.3, -0.25) is 0 Å². The fourth-order valence-corrected chi connectivity index (χ4v) is 3.68. The van der Waals surface area contributed by atoms with E-state index in [9.17, 15) is 4.39 Å². The maximum Gasteiger partial charge on any atom is 0.232 e. The number of aryl methyl sites for hydroxylation is 1. The summed E-state index contributed by atoms with van der Waals surface area (Å²) in [6, 6.07) is 8.35. The quantitative estimate of drug-likeness (QED) is 0.409. The molecule has 1 aromatic carbocycles. The monoisotopic (exact) mass is 421 g/mol. The smallest absolute Gasteiger partial charge is 0.232 e. The van der Waals surface area contributed by atoms with Crippen molar-refractivity contribution in [3.05, 3.63) is 46.9 Å². The van der Waals surface area contributed by atoms with Crippen LogP contribution in [0.2, 0.25) is 5.15 Å². The minimum atomic E-state index is -0.216. The van der Waals surface area contributed by atoms with Gasteiger partial charge in [-0.2, -0.15) is 4.98 Å². The first-order chi connectivity index (χ1) is 13.5. The molecule has 0 aliphatic carbocycles. The number of rotatable bonds is 6. The second-order valence-corrected chi connectivity index (χ2v) is 7.97. The summed E-state index contributed by atoms with van der Waals surface area (Å²) in [6.07, 6.45) is 4.12. The average Bonchev–Trinajstić information content (AvgIpc) is 2.66. The van der Waals surface area contributed by atoms with Gasteiger partial charge in [-0.25, -0.2) is 9.37 Å². The van der Waals surface area contributed by atoms with E-state index in [1.807, 2.05) is 0 Å². The Bertz CT molecular complexity index is 802. The number of hydrogen-bond donors (Lipinski definition) is 2. The average molecular weight is 422 g/mol. The van der Waals surface area contributed by atoms with Gasteiger partial charge in [0.25, 0.3) is 0 Å². The molecule has 1 unspecified atom stereocenters. The Kier molecular flexibility index (Phi) is 7.39. The Morgan fingerprint density at radius 3 is 2.86 bits per heavy atom. The van der Waals surface area contributed by atoms with Crippen molar-refractivity contribution in [2.24, 2.45) is 5.92 Å². The Labute approximate surface area is 175 Å². The summed E-state index contributed by atoms with van der Waals surface area (Å²) in [7, 11) is 0. The van der Waals surface area contributed by atoms with Gasteiger partial charge < -0.3 is 15.5 Å². The van der Waals surface area contributed by atoms with E-state index in [4.69, 9.17) is 23.8 Å². The molecule has 0 spiro atoms. The largest absolute Gasteiger partial charge is 0.362 e. The van der Waals surface area contributed by atoms with Crippen molar-refractivity contribution in [3.63, 3.8) is 0 Å². The molecule has 28 heavy (non-hydrogen) atoms. The van der Waals surface area contributed by atoms with E-state index in [1.54, 1.807) is 18.2 Å². The SMILES string of the molecule is CC1CCCN(c2cc(Cl)nc(NC(=S)NCCCc3ccc(F)cc3)n2)C1. The number of halogens is 2. The summed E-state index contributed by atoms with van der Waals surface area (Å²) in [5.74, 6) is 1.65. The van der Waals surface area contributed by atoms with Crippen LogP contribution in [0.4, 0.5) is 16.2 Å². The highest BCUT2D eigenvalue weighted by Gasteiger charge is 2.19. The number of aromatic nitrogens is 2. The van der Waals surface area contributed by atoms with Crippen LogP contribution in [-0.2, 0) is 6.42 Å². The van der Waals surface area contributed by atoms with E-state index in [-0.39, 0.29) is 5.82 Å². The van der Waals surface area contributed by atoms with E-state index in [2.05, 4.69) is 32.4 Å². The molecular weight excluding hydrogens is 397 g/mol. The third-order valence-electron chi connectivity index (χ3n) is 4.73. The van der Waals surface area contributed by atoms with E-state index in [1.165, 1.54) is 18.6 Å². The Morgan fingerprint density at radius 1 is 1.32 bits per heavy atom. The van der Waals surface area contributed by atoms with Crippen LogP contribution in [0.1, 0.15) is 31.7 Å². The van der Waals surface area contributed by atoms with Crippen molar-refractivity contribution in [2.75, 3.05) is 29.9 Å². The zero-order chi connectivity index (χ0) is 19.9. The highest BCUT2D eigenvalue weighted by Crippen LogP contribution is 2.24. The van der Waals surface area contributed by atoms with Gasteiger partial charge in [-0.1, -0.05) is 30.7 Å². The molecule has 1 aromatic heterocycles. The maximum absolute atomic E-state index is 12.9. The van der Waals surface area contributed by atoms with Crippen molar-refractivity contribution < 1.29 is 4.39 Å². The third kappa shape index (κ3) is 6.27. The van der Waals surface area contributed by atoms with Crippen LogP contribution in [0.5, 0.6) is 0 Å². The number of piperidine rings is 1. The Morgan fingerprint density at radius 2 is 2.11 bits per heavy atom. The molecule has 150 valence electrons. The molecule has 3 rings (SSSR count). The van der Waals surface area contributed by atoms with Gasteiger partial charge in [0.2, 0.25) is 5.95 Å². The van der Waals surface area contributed by atoms with Crippen LogP contribution >= 0.6 is 23.8 Å². The van der Waals surface area contributed by atoms with Crippen LogP contribution in [0.25, 0.3) is 0 Å². The van der Waals surface area contributed by atoms with Crippen LogP contribution in [-0.4, -0.2) is 34.7 Å². The predicted octanol–water partition coefficient (Wildman–Crippen LogP) is 4.42. The van der Waals surface area contributed by atoms with Gasteiger partial charge >= 0.3 is 0 Å². The molecular formula is C20H25ClFN5S. The molecule has 1 saturated heterocycles. The second kappa shape index (κ2) is 9.98. The molecule has 5 nitrogen and oxygen atoms in total. The van der Waals surface area contributed by atoms with Crippen molar-refractivity contribution >= 4 is 40.7 Å². The molecule has 1 atom stereocenters. The topological polar surface area (TPSA) is 53.1 Å². The molecule has 1 fully saturated rings. The third-order valence-corrected chi connectivity index (χ3v) is 5.17. The number of benzene rings is 1. The lowest BCUT2D eigenvalue weighted by atomic mass is 10.0. The van der Waals surface area contributed by atoms with Crippen molar-refractivity contribution in [2.45, 2.75) is 32.6 Å². The zero-order valence-corrected chi connectivity index (χ0v) is 17.5. The number of thiocarbonyl (C=S) groups is 1. The first-order valence-corrected chi connectivity index (χ1v) is 10.4. The van der Waals surface area contributed by atoms with Crippen LogP contribution in [0.15, 0.2) is 30.3 Å². The van der Waals surface area contributed by atoms with Crippen molar-refractivity contribution in [1.82, 2.24) is 15.3 Å². The van der Waals surface area contributed by atoms with Gasteiger partial charge in [0, 0.05) is 25.7 Å². The van der Waals surface area contributed by atoms with Crippen LogP contribution in [0, 0.1) is 11.7 Å². The molecule has 8 heteroatoms. The first kappa shape index (κ1) is 20.7. The fourth-order valence-electron chi connectivity index (χ4n) is 3.31. The van der Waals surface area contributed by atoms with Gasteiger partial charge in [-0.15, -0.1) is 0 Å². The summed E-state index contributed by atoms with van der Waals surface area (Å²) in [5, 5.41) is 7.02. The lowest BCUT2D eigenvalue weighted by Crippen LogP contribution is -2.35. The lowest BCUT2D eigenvalue weighted by Gasteiger charge is -2.32. The van der Waals surface area contributed by atoms with Crippen molar-refractivity contribution in [1.29, 1.82) is 0 Å². The first-order valence-electron chi connectivity index (χ1n) is 9.58. The van der Waals surface area contributed by atoms with Gasteiger partial charge in [0.15, 0.2) is 5.11 Å². The number of nitrogens with one attached hydrogen (secondary N) is 2. The highest BCUT2D eigenvalue weighted by molar-refractivity contribution is 7.80. The molecule has 1 aliphatic rings. The highest BCUT2D eigenvalue weighted by atomic mass is 35.5. The predicted molar refractivity (Wildman–Crippen MR) is 117 cm³/mol. The number of hydrogen-bond acceptors (Lipinski definition) is 4. The lowest BCUT2D eigenvalue weighted by molar-refractivity contribution is 0.444. The fraction of sp³-hybridized carbons (Fsp3) is 0.450. The van der Waals surface area contributed by atoms with Crippen LogP contribution in [0.3, 0.4) is 0 Å². The molecule has 0 amide bonds. The summed E-state index contributed by atoms with van der Waals surface area (Å²) < 4.78 is 12.9. The Hall–Kier alpha value is -1.99. The molecule has 2 heterocycles. The molecule has 0 bridgehead atoms. The van der Waals surface area contributed by atoms with E-state index < -0.39 is 0 Å². The molecule has 2 N–H and O–H groups in total.